The summed E-state index contributed by atoms with van der Waals surface area (Å²) in [6.45, 7) is 5.04. The Morgan fingerprint density at radius 2 is 2.00 bits per heavy atom. The Kier molecular flexibility index (Phi) is 6.55. The van der Waals surface area contributed by atoms with E-state index in [1.807, 2.05) is 35.7 Å². The van der Waals surface area contributed by atoms with Crippen molar-refractivity contribution < 1.29 is 9.53 Å². The zero-order valence-electron chi connectivity index (χ0n) is 13.2. The lowest BCUT2D eigenvalue weighted by Gasteiger charge is -2.11. The van der Waals surface area contributed by atoms with Crippen LogP contribution < -0.4 is 15.4 Å². The number of nitrogens with one attached hydrogen (secondary N) is 2. The molecule has 0 aliphatic heterocycles. The van der Waals surface area contributed by atoms with Crippen molar-refractivity contribution in [2.24, 2.45) is 5.92 Å². The van der Waals surface area contributed by atoms with Crippen LogP contribution >= 0.6 is 23.6 Å². The summed E-state index contributed by atoms with van der Waals surface area (Å²) < 4.78 is 5.66. The highest BCUT2D eigenvalue weighted by atomic mass is 32.1. The van der Waals surface area contributed by atoms with Crippen molar-refractivity contribution in [2.75, 3.05) is 11.9 Å². The summed E-state index contributed by atoms with van der Waals surface area (Å²) in [5.41, 5.74) is 0.803. The van der Waals surface area contributed by atoms with Crippen LogP contribution in [0.5, 0.6) is 5.75 Å². The van der Waals surface area contributed by atoms with Crippen LogP contribution in [0.4, 0.5) is 5.69 Å². The van der Waals surface area contributed by atoms with Gasteiger partial charge in [0.1, 0.15) is 5.75 Å². The Labute approximate surface area is 145 Å². The summed E-state index contributed by atoms with van der Waals surface area (Å²) in [5, 5.41) is 7.76. The normalized spacial score (nSPS) is 10.4. The van der Waals surface area contributed by atoms with E-state index in [1.165, 1.54) is 11.3 Å². The largest absolute Gasteiger partial charge is 0.494 e. The molecule has 0 bridgehead atoms. The van der Waals surface area contributed by atoms with Gasteiger partial charge in [-0.2, -0.15) is 0 Å². The van der Waals surface area contributed by atoms with Crippen molar-refractivity contribution in [1.82, 2.24) is 5.32 Å². The van der Waals surface area contributed by atoms with Crippen molar-refractivity contribution in [3.63, 3.8) is 0 Å². The third-order valence-electron chi connectivity index (χ3n) is 3.05. The molecule has 1 aromatic heterocycles. The Bertz CT molecular complexity index is 637. The lowest BCUT2D eigenvalue weighted by atomic mass is 10.1. The molecular formula is C17H20N2O2S2. The van der Waals surface area contributed by atoms with Crippen LogP contribution in [0.15, 0.2) is 41.8 Å². The SMILES string of the molecule is CC(C)CCOc1ccc(NC(=S)NC(=O)c2cccs2)cc1. The molecule has 122 valence electrons. The predicted octanol–water partition coefficient (Wildman–Crippen LogP) is 4.30. The number of ether oxygens (including phenoxy) is 1. The molecule has 0 unspecified atom stereocenters. The molecule has 0 spiro atoms. The highest BCUT2D eigenvalue weighted by molar-refractivity contribution is 7.80. The maximum absolute atomic E-state index is 11.9. The van der Waals surface area contributed by atoms with Crippen LogP contribution in [0.3, 0.4) is 0 Å². The van der Waals surface area contributed by atoms with Crippen LogP contribution in [0, 0.1) is 5.92 Å². The van der Waals surface area contributed by atoms with Gasteiger partial charge in [0.05, 0.1) is 11.5 Å². The molecule has 1 heterocycles. The maximum atomic E-state index is 11.9. The molecule has 0 radical (unpaired) electrons. The Hall–Kier alpha value is -1.92. The number of carbonyl (C=O) groups excluding carboxylic acids is 1. The van der Waals surface area contributed by atoms with Gasteiger partial charge in [-0.1, -0.05) is 19.9 Å². The minimum atomic E-state index is -0.203. The van der Waals surface area contributed by atoms with Gasteiger partial charge in [-0.15, -0.1) is 11.3 Å². The third kappa shape index (κ3) is 6.00. The van der Waals surface area contributed by atoms with Gasteiger partial charge in [-0.25, -0.2) is 0 Å². The van der Waals surface area contributed by atoms with E-state index < -0.39 is 0 Å². The summed E-state index contributed by atoms with van der Waals surface area (Å²) in [6, 6.07) is 11.1. The molecular weight excluding hydrogens is 328 g/mol. The van der Waals surface area contributed by atoms with Crippen molar-refractivity contribution in [2.45, 2.75) is 20.3 Å². The fraction of sp³-hybridized carbons (Fsp3) is 0.294. The number of rotatable bonds is 6. The number of benzene rings is 1. The number of thiophene rings is 1. The molecule has 4 nitrogen and oxygen atoms in total. The van der Waals surface area contributed by atoms with Crippen LogP contribution in [0.1, 0.15) is 29.9 Å². The topological polar surface area (TPSA) is 50.4 Å². The van der Waals surface area contributed by atoms with Crippen LogP contribution in [0.25, 0.3) is 0 Å². The monoisotopic (exact) mass is 348 g/mol. The molecule has 0 saturated carbocycles. The quantitative estimate of drug-likeness (QED) is 0.764. The van der Waals surface area contributed by atoms with Crippen molar-refractivity contribution in [1.29, 1.82) is 0 Å². The van der Waals surface area contributed by atoms with Gasteiger partial charge in [0, 0.05) is 5.69 Å². The average Bonchev–Trinajstić information content (AvgIpc) is 3.03. The summed E-state index contributed by atoms with van der Waals surface area (Å²) in [5.74, 6) is 1.25. The molecule has 23 heavy (non-hydrogen) atoms. The fourth-order valence-electron chi connectivity index (χ4n) is 1.78. The number of hydrogen-bond donors (Lipinski definition) is 2. The van der Waals surface area contributed by atoms with E-state index in [1.54, 1.807) is 6.07 Å². The molecule has 0 fully saturated rings. The van der Waals surface area contributed by atoms with E-state index in [0.29, 0.717) is 17.4 Å². The Morgan fingerprint density at radius 3 is 2.61 bits per heavy atom. The third-order valence-corrected chi connectivity index (χ3v) is 4.12. The Balaban J connectivity index is 1.81. The lowest BCUT2D eigenvalue weighted by Crippen LogP contribution is -2.33. The van der Waals surface area contributed by atoms with Gasteiger partial charge in [-0.3, -0.25) is 10.1 Å². The molecule has 2 rings (SSSR count). The van der Waals surface area contributed by atoms with E-state index in [0.717, 1.165) is 17.9 Å². The van der Waals surface area contributed by atoms with Gasteiger partial charge in [0.2, 0.25) is 0 Å². The first-order valence-corrected chi connectivity index (χ1v) is 8.72. The molecule has 0 aliphatic carbocycles. The lowest BCUT2D eigenvalue weighted by molar-refractivity contribution is 0.0981. The molecule has 6 heteroatoms. The molecule has 2 aromatic rings. The molecule has 2 N–H and O–H groups in total. The fourth-order valence-corrected chi connectivity index (χ4v) is 2.61. The molecule has 0 atom stereocenters. The standard InChI is InChI=1S/C17H20N2O2S2/c1-12(2)9-10-21-14-7-5-13(6-8-14)18-17(22)19-16(20)15-4-3-11-23-15/h3-8,11-12H,9-10H2,1-2H3,(H2,18,19,20,22). The van der Waals surface area contributed by atoms with E-state index in [9.17, 15) is 4.79 Å². The van der Waals surface area contributed by atoms with Crippen molar-refractivity contribution >= 4 is 40.3 Å². The Morgan fingerprint density at radius 1 is 1.26 bits per heavy atom. The second-order valence-electron chi connectivity index (χ2n) is 5.44. The van der Waals surface area contributed by atoms with E-state index in [2.05, 4.69) is 24.5 Å². The first-order valence-electron chi connectivity index (χ1n) is 7.43. The second-order valence-corrected chi connectivity index (χ2v) is 6.80. The summed E-state index contributed by atoms with van der Waals surface area (Å²) in [7, 11) is 0. The zero-order chi connectivity index (χ0) is 16.7. The highest BCUT2D eigenvalue weighted by Gasteiger charge is 2.08. The number of carbonyl (C=O) groups is 1. The maximum Gasteiger partial charge on any atom is 0.267 e. The zero-order valence-corrected chi connectivity index (χ0v) is 14.8. The van der Waals surface area contributed by atoms with Crippen LogP contribution in [-0.2, 0) is 0 Å². The first kappa shape index (κ1) is 17.4. The van der Waals surface area contributed by atoms with Gasteiger partial charge >= 0.3 is 0 Å². The smallest absolute Gasteiger partial charge is 0.267 e. The van der Waals surface area contributed by atoms with Gasteiger partial charge < -0.3 is 10.1 Å². The number of thiocarbonyl (C=S) groups is 1. The predicted molar refractivity (Wildman–Crippen MR) is 99.4 cm³/mol. The van der Waals surface area contributed by atoms with Crippen LogP contribution in [-0.4, -0.2) is 17.6 Å². The number of anilines is 1. The second kappa shape index (κ2) is 8.64. The summed E-state index contributed by atoms with van der Waals surface area (Å²) in [6.07, 6.45) is 1.03. The number of hydrogen-bond acceptors (Lipinski definition) is 4. The average molecular weight is 348 g/mol. The minimum Gasteiger partial charge on any atom is -0.494 e. The number of amides is 1. The van der Waals surface area contributed by atoms with Crippen molar-refractivity contribution in [3.05, 3.63) is 46.7 Å². The van der Waals surface area contributed by atoms with Crippen LogP contribution in [0.2, 0.25) is 0 Å². The highest BCUT2D eigenvalue weighted by Crippen LogP contribution is 2.16. The van der Waals surface area contributed by atoms with E-state index >= 15 is 0 Å². The van der Waals surface area contributed by atoms with E-state index in [-0.39, 0.29) is 11.0 Å². The first-order chi connectivity index (χ1) is 11.0. The summed E-state index contributed by atoms with van der Waals surface area (Å²) >= 11 is 6.52. The molecule has 1 amide bonds. The van der Waals surface area contributed by atoms with E-state index in [4.69, 9.17) is 17.0 Å². The minimum absolute atomic E-state index is 0.203. The molecule has 0 aliphatic rings. The summed E-state index contributed by atoms with van der Waals surface area (Å²) in [4.78, 5) is 12.5. The molecule has 1 aromatic carbocycles. The van der Waals surface area contributed by atoms with Gasteiger partial charge in [0.15, 0.2) is 5.11 Å². The van der Waals surface area contributed by atoms with Gasteiger partial charge in [-0.05, 0) is 60.3 Å². The molecule has 0 saturated heterocycles. The van der Waals surface area contributed by atoms with Gasteiger partial charge in [0.25, 0.3) is 5.91 Å². The van der Waals surface area contributed by atoms with Crippen molar-refractivity contribution in [3.8, 4) is 5.75 Å².